The summed E-state index contributed by atoms with van der Waals surface area (Å²) in [6.45, 7) is 1.71. The summed E-state index contributed by atoms with van der Waals surface area (Å²) < 4.78 is 46.6. The summed E-state index contributed by atoms with van der Waals surface area (Å²) >= 11 is 6.86. The molecule has 46 heavy (non-hydrogen) atoms. The first-order chi connectivity index (χ1) is 22.3. The first kappa shape index (κ1) is 32.0. The number of hydrogen-bond acceptors (Lipinski definition) is 9. The molecule has 1 aromatic heterocycles. The summed E-state index contributed by atoms with van der Waals surface area (Å²) in [7, 11) is -0.556. The number of para-hydroxylation sites is 1. The van der Waals surface area contributed by atoms with E-state index in [2.05, 4.69) is 0 Å². The van der Waals surface area contributed by atoms with E-state index in [1.54, 1.807) is 48.1 Å². The van der Waals surface area contributed by atoms with Crippen molar-refractivity contribution >= 4 is 50.3 Å². The number of rotatable bonds is 10. The van der Waals surface area contributed by atoms with E-state index >= 15 is 0 Å². The highest BCUT2D eigenvalue weighted by Gasteiger charge is 2.32. The molecule has 238 valence electrons. The number of hydrogen-bond donors (Lipinski definition) is 0. The van der Waals surface area contributed by atoms with Crippen molar-refractivity contribution in [3.05, 3.63) is 95.0 Å². The van der Waals surface area contributed by atoms with Crippen molar-refractivity contribution in [2.75, 3.05) is 47.1 Å². The molecule has 0 N–H and O–H groups in total. The Morgan fingerprint density at radius 1 is 0.978 bits per heavy atom. The quantitative estimate of drug-likeness (QED) is 0.169. The van der Waals surface area contributed by atoms with Crippen LogP contribution in [0.5, 0.6) is 11.5 Å². The molecule has 0 bridgehead atoms. The number of carbonyl (C=O) groups excluding carboxylic acids is 1. The molecule has 2 aliphatic heterocycles. The molecule has 0 atom stereocenters. The molecule has 0 radical (unpaired) electrons. The van der Waals surface area contributed by atoms with Gasteiger partial charge in [0.1, 0.15) is 10.0 Å². The third-order valence-corrected chi connectivity index (χ3v) is 11.0. The van der Waals surface area contributed by atoms with Crippen molar-refractivity contribution in [2.45, 2.75) is 11.3 Å². The molecule has 0 spiro atoms. The maximum atomic E-state index is 13.6. The Labute approximate surface area is 277 Å². The molecule has 3 aromatic carbocycles. The second-order valence-corrected chi connectivity index (χ2v) is 14.1. The van der Waals surface area contributed by atoms with E-state index in [9.17, 15) is 13.2 Å². The Hall–Kier alpha value is -4.01. The lowest BCUT2D eigenvalue weighted by Crippen LogP contribution is -2.40. The number of ether oxygens (including phenoxy) is 3. The minimum absolute atomic E-state index is 0.175. The van der Waals surface area contributed by atoms with E-state index in [1.165, 1.54) is 16.1 Å². The van der Waals surface area contributed by atoms with E-state index in [-0.39, 0.29) is 10.8 Å². The van der Waals surface area contributed by atoms with Crippen LogP contribution in [-0.2, 0) is 26.0 Å². The van der Waals surface area contributed by atoms with Gasteiger partial charge >= 0.3 is 0 Å². The zero-order valence-corrected chi connectivity index (χ0v) is 27.7. The fraction of sp³-hybridized carbons (Fsp3) is 0.242. The number of nitrogens with zero attached hydrogens (tertiary/aromatic N) is 4. The van der Waals surface area contributed by atoms with Gasteiger partial charge in [0.25, 0.3) is 5.91 Å². The van der Waals surface area contributed by atoms with E-state index in [0.717, 1.165) is 11.3 Å². The highest BCUT2D eigenvalue weighted by atomic mass is 32.2. The SMILES string of the molecule is COc1ccc(CCN2C(=O)C(=Cc3cn(-c4ccccc4)nc3-c3cccc(S(=O)(=O)N4CCOCC4)c3)SC2=S)cc1OC. The number of methoxy groups -OCH3 is 2. The summed E-state index contributed by atoms with van der Waals surface area (Å²) in [6, 6.07) is 22.0. The first-order valence-electron chi connectivity index (χ1n) is 14.6. The number of morpholine rings is 1. The second kappa shape index (κ2) is 13.8. The second-order valence-electron chi connectivity index (χ2n) is 10.5. The van der Waals surface area contributed by atoms with Crippen molar-refractivity contribution in [2.24, 2.45) is 0 Å². The van der Waals surface area contributed by atoms with Crippen molar-refractivity contribution in [1.29, 1.82) is 0 Å². The Balaban J connectivity index is 1.31. The Bertz CT molecular complexity index is 1900. The number of benzene rings is 3. The molecule has 0 aliphatic carbocycles. The van der Waals surface area contributed by atoms with Crippen molar-refractivity contribution in [3.63, 3.8) is 0 Å². The van der Waals surface area contributed by atoms with Gasteiger partial charge in [-0.1, -0.05) is 60.4 Å². The van der Waals surface area contributed by atoms with Crippen LogP contribution >= 0.6 is 24.0 Å². The number of thiocarbonyl (C=S) groups is 1. The number of thioether (sulfide) groups is 1. The largest absolute Gasteiger partial charge is 0.493 e. The van der Waals surface area contributed by atoms with Gasteiger partial charge in [-0.25, -0.2) is 13.1 Å². The topological polar surface area (TPSA) is 103 Å². The van der Waals surface area contributed by atoms with Gasteiger partial charge in [-0.2, -0.15) is 9.40 Å². The van der Waals surface area contributed by atoms with Crippen LogP contribution in [0.4, 0.5) is 0 Å². The molecule has 1 amide bonds. The fourth-order valence-corrected chi connectivity index (χ4v) is 8.03. The summed E-state index contributed by atoms with van der Waals surface area (Å²) in [5, 5.41) is 4.85. The van der Waals surface area contributed by atoms with Crippen molar-refractivity contribution in [1.82, 2.24) is 19.0 Å². The van der Waals surface area contributed by atoms with Crippen LogP contribution in [0.25, 0.3) is 23.0 Å². The normalized spacial score (nSPS) is 16.7. The van der Waals surface area contributed by atoms with Crippen molar-refractivity contribution < 1.29 is 27.4 Å². The summed E-state index contributed by atoms with van der Waals surface area (Å²) in [5.41, 5.74) is 3.61. The predicted octanol–water partition coefficient (Wildman–Crippen LogP) is 5.02. The molecule has 3 heterocycles. The zero-order valence-electron chi connectivity index (χ0n) is 25.3. The van der Waals surface area contributed by atoms with E-state index in [0.29, 0.717) is 76.8 Å². The fourth-order valence-electron chi connectivity index (χ4n) is 5.28. The van der Waals surface area contributed by atoms with E-state index in [1.807, 2.05) is 60.8 Å². The maximum Gasteiger partial charge on any atom is 0.266 e. The average Bonchev–Trinajstić information content (AvgIpc) is 3.63. The molecule has 4 aromatic rings. The Kier molecular flexibility index (Phi) is 9.57. The number of sulfonamides is 1. The van der Waals surface area contributed by atoms with Crippen LogP contribution in [-0.4, -0.2) is 84.7 Å². The standard InChI is InChI=1S/C33H32N4O6S3/c1-41-28-12-11-23(19-29(28)42-2)13-14-36-32(38)30(45-33(36)44)21-25-22-37(26-8-4-3-5-9-26)34-31(25)24-7-6-10-27(20-24)46(39,40)35-15-17-43-18-16-35/h3-12,19-22H,13-18H2,1-2H3. The molecule has 2 saturated heterocycles. The number of aromatic nitrogens is 2. The lowest BCUT2D eigenvalue weighted by molar-refractivity contribution is -0.122. The molecule has 0 unspecified atom stereocenters. The lowest BCUT2D eigenvalue weighted by Gasteiger charge is -2.26. The van der Waals surface area contributed by atoms with Crippen LogP contribution in [0.1, 0.15) is 11.1 Å². The molecular formula is C33H32N4O6S3. The third kappa shape index (κ3) is 6.60. The first-order valence-corrected chi connectivity index (χ1v) is 17.2. The van der Waals surface area contributed by atoms with Gasteiger partial charge in [-0.05, 0) is 54.5 Å². The van der Waals surface area contributed by atoms with Crippen LogP contribution in [0, 0.1) is 0 Å². The van der Waals surface area contributed by atoms with Crippen LogP contribution in [0.3, 0.4) is 0 Å². The predicted molar refractivity (Wildman–Crippen MR) is 182 cm³/mol. The maximum absolute atomic E-state index is 13.6. The molecule has 10 nitrogen and oxygen atoms in total. The van der Waals surface area contributed by atoms with E-state index in [4.69, 9.17) is 31.5 Å². The lowest BCUT2D eigenvalue weighted by atomic mass is 10.1. The molecular weight excluding hydrogens is 645 g/mol. The average molecular weight is 677 g/mol. The molecule has 2 aliphatic rings. The zero-order chi connectivity index (χ0) is 32.3. The van der Waals surface area contributed by atoms with Gasteiger partial charge in [0.15, 0.2) is 11.5 Å². The molecule has 2 fully saturated rings. The Morgan fingerprint density at radius 2 is 1.74 bits per heavy atom. The minimum Gasteiger partial charge on any atom is -0.493 e. The van der Waals surface area contributed by atoms with Gasteiger partial charge in [0.05, 0.1) is 42.9 Å². The van der Waals surface area contributed by atoms with Crippen LogP contribution in [0.2, 0.25) is 0 Å². The molecule has 13 heteroatoms. The summed E-state index contributed by atoms with van der Waals surface area (Å²) in [5.74, 6) is 1.06. The van der Waals surface area contributed by atoms with Gasteiger partial charge in [0.2, 0.25) is 10.0 Å². The number of amides is 1. The van der Waals surface area contributed by atoms with Gasteiger partial charge in [-0.3, -0.25) is 9.69 Å². The molecule has 0 saturated carbocycles. The van der Waals surface area contributed by atoms with E-state index < -0.39 is 10.0 Å². The van der Waals surface area contributed by atoms with Crippen molar-refractivity contribution in [3.8, 4) is 28.4 Å². The molecule has 6 rings (SSSR count). The summed E-state index contributed by atoms with van der Waals surface area (Å²) in [4.78, 5) is 15.9. The Morgan fingerprint density at radius 3 is 2.48 bits per heavy atom. The number of carbonyl (C=O) groups is 1. The smallest absolute Gasteiger partial charge is 0.266 e. The van der Waals surface area contributed by atoms with Crippen LogP contribution in [0.15, 0.2) is 88.8 Å². The van der Waals surface area contributed by atoms with Gasteiger partial charge < -0.3 is 14.2 Å². The third-order valence-electron chi connectivity index (χ3n) is 7.71. The monoisotopic (exact) mass is 676 g/mol. The highest BCUT2D eigenvalue weighted by Crippen LogP contribution is 2.36. The van der Waals surface area contributed by atoms with Gasteiger partial charge in [-0.15, -0.1) is 0 Å². The van der Waals surface area contributed by atoms with Gasteiger partial charge in [0, 0.05) is 37.0 Å². The highest BCUT2D eigenvalue weighted by molar-refractivity contribution is 8.26. The minimum atomic E-state index is -3.73. The van der Waals surface area contributed by atoms with Crippen LogP contribution < -0.4 is 9.47 Å². The summed E-state index contributed by atoms with van der Waals surface area (Å²) in [6.07, 6.45) is 4.19.